The highest BCUT2D eigenvalue weighted by atomic mass is 16.5. The van der Waals surface area contributed by atoms with Crippen LogP contribution in [0.5, 0.6) is 0 Å². The molecule has 3 aromatic carbocycles. The first-order valence-corrected chi connectivity index (χ1v) is 22.2. The Morgan fingerprint density at radius 2 is 1.35 bits per heavy atom. The zero-order valence-corrected chi connectivity index (χ0v) is 37.2. The van der Waals surface area contributed by atoms with Crippen LogP contribution in [-0.2, 0) is 19.1 Å². The average molecular weight is 855 g/mol. The van der Waals surface area contributed by atoms with Crippen molar-refractivity contribution in [1.29, 1.82) is 0 Å². The quantitative estimate of drug-likeness (QED) is 0.108. The molecule has 2 saturated heterocycles. The Morgan fingerprint density at radius 3 is 2.00 bits per heavy atom. The van der Waals surface area contributed by atoms with Gasteiger partial charge in [-0.2, -0.15) is 0 Å². The van der Waals surface area contributed by atoms with Crippen LogP contribution in [-0.4, -0.2) is 92.6 Å². The molecule has 63 heavy (non-hydrogen) atoms. The van der Waals surface area contributed by atoms with Gasteiger partial charge in [0.2, 0.25) is 11.8 Å². The molecule has 2 aliphatic heterocycles. The molecule has 1 unspecified atom stereocenters. The van der Waals surface area contributed by atoms with Gasteiger partial charge in [-0.1, -0.05) is 83.1 Å². The summed E-state index contributed by atoms with van der Waals surface area (Å²) in [6, 6.07) is 19.6. The van der Waals surface area contributed by atoms with Gasteiger partial charge in [0.1, 0.15) is 23.7 Å². The van der Waals surface area contributed by atoms with Crippen molar-refractivity contribution in [3.05, 3.63) is 84.7 Å². The number of nitrogens with zero attached hydrogens (tertiary/aromatic N) is 4. The highest BCUT2D eigenvalue weighted by Gasteiger charge is 2.55. The second kappa shape index (κ2) is 16.2. The normalized spacial score (nSPS) is 22.1. The van der Waals surface area contributed by atoms with E-state index < -0.39 is 29.7 Å². The Balaban J connectivity index is 0.896. The number of amides is 4. The number of imidazole rings is 2. The van der Waals surface area contributed by atoms with Gasteiger partial charge in [0.25, 0.3) is 0 Å². The molecule has 4 aliphatic rings. The van der Waals surface area contributed by atoms with Crippen LogP contribution in [0.3, 0.4) is 0 Å². The third-order valence-electron chi connectivity index (χ3n) is 14.0. The molecule has 9 rings (SSSR count). The lowest BCUT2D eigenvalue weighted by atomic mass is 9.85. The molecule has 2 aliphatic carbocycles. The molecule has 4 N–H and O–H groups in total. The second-order valence-electron chi connectivity index (χ2n) is 19.6. The summed E-state index contributed by atoms with van der Waals surface area (Å²) in [7, 11) is 2.62. The molecule has 4 amide bonds. The number of carbonyl (C=O) groups excluding carboxylic acids is 4. The summed E-state index contributed by atoms with van der Waals surface area (Å²) in [6.07, 6.45) is 8.40. The molecule has 2 saturated carbocycles. The van der Waals surface area contributed by atoms with Crippen LogP contribution >= 0.6 is 0 Å². The number of hydrogen-bond acceptors (Lipinski definition) is 8. The number of aromatic amines is 2. The molecule has 4 heterocycles. The van der Waals surface area contributed by atoms with Gasteiger partial charge in [0, 0.05) is 18.2 Å². The van der Waals surface area contributed by atoms with Crippen LogP contribution in [0.25, 0.3) is 44.4 Å². The van der Waals surface area contributed by atoms with Crippen molar-refractivity contribution in [3.63, 3.8) is 0 Å². The number of rotatable bonds is 10. The van der Waals surface area contributed by atoms with Gasteiger partial charge in [0.15, 0.2) is 0 Å². The minimum atomic E-state index is -0.734. The summed E-state index contributed by atoms with van der Waals surface area (Å²) in [6.45, 7) is 10.4. The predicted octanol–water partition coefficient (Wildman–Crippen LogP) is 8.54. The predicted molar refractivity (Wildman–Crippen MR) is 239 cm³/mol. The number of alkyl carbamates (subject to hydrolysis) is 2. The minimum Gasteiger partial charge on any atom is -0.453 e. The smallest absolute Gasteiger partial charge is 0.407 e. The maximum Gasteiger partial charge on any atom is 0.407 e. The lowest BCUT2D eigenvalue weighted by molar-refractivity contribution is -0.141. The Labute approximate surface area is 367 Å². The van der Waals surface area contributed by atoms with Gasteiger partial charge in [0.05, 0.1) is 50.1 Å². The third kappa shape index (κ3) is 8.04. The molecule has 14 heteroatoms. The Morgan fingerprint density at radius 1 is 0.762 bits per heavy atom. The number of carbonyl (C=O) groups is 4. The first kappa shape index (κ1) is 42.1. The molecule has 14 nitrogen and oxygen atoms in total. The highest BCUT2D eigenvalue weighted by molar-refractivity contribution is 5.91. The number of benzene rings is 3. The Hall–Kier alpha value is -6.18. The van der Waals surface area contributed by atoms with Crippen molar-refractivity contribution in [2.75, 3.05) is 20.8 Å². The van der Waals surface area contributed by atoms with Crippen molar-refractivity contribution < 1.29 is 28.7 Å². The van der Waals surface area contributed by atoms with E-state index in [1.165, 1.54) is 14.2 Å². The highest BCUT2D eigenvalue weighted by Crippen LogP contribution is 2.58. The summed E-state index contributed by atoms with van der Waals surface area (Å²) in [5.41, 5.74) is 5.57. The van der Waals surface area contributed by atoms with Crippen molar-refractivity contribution in [2.24, 2.45) is 22.7 Å². The number of aromatic nitrogens is 4. The summed E-state index contributed by atoms with van der Waals surface area (Å²) in [4.78, 5) is 73.1. The molecule has 2 bridgehead atoms. The summed E-state index contributed by atoms with van der Waals surface area (Å²) >= 11 is 0. The van der Waals surface area contributed by atoms with E-state index in [0.717, 1.165) is 94.6 Å². The monoisotopic (exact) mass is 854 g/mol. The number of nitrogens with one attached hydrogen (secondary N) is 4. The molecule has 5 aromatic rings. The SMILES string of the molecule is COC(=O)N[C@H](C(=O)N1CC2(CC2)C[C@H]1c1ncc(-c2ccc3cc(-c4ccc(-c5cnc([C@@H]6[C@H]7CCC(C7)N6C(=O)[C@@H](NC(=O)OC)C(C)(C)C)[nH]5)cc4)ccc3c2)[nH]1)C(C)C. The fourth-order valence-corrected chi connectivity index (χ4v) is 10.3. The Kier molecular flexibility index (Phi) is 10.8. The minimum absolute atomic E-state index is 0.102. The number of methoxy groups -OCH3 is 2. The zero-order chi connectivity index (χ0) is 44.4. The van der Waals surface area contributed by atoms with Crippen molar-refractivity contribution in [1.82, 2.24) is 40.4 Å². The van der Waals surface area contributed by atoms with Gasteiger partial charge in [-0.05, 0) is 101 Å². The van der Waals surface area contributed by atoms with E-state index in [2.05, 4.69) is 81.3 Å². The lowest BCUT2D eigenvalue weighted by Crippen LogP contribution is -2.56. The van der Waals surface area contributed by atoms with E-state index in [9.17, 15) is 19.2 Å². The number of piperidine rings is 1. The van der Waals surface area contributed by atoms with E-state index in [1.54, 1.807) is 0 Å². The Bertz CT molecular complexity index is 2550. The fourth-order valence-electron chi connectivity index (χ4n) is 10.3. The fraction of sp³-hybridized carbons (Fsp3) is 0.469. The van der Waals surface area contributed by atoms with E-state index in [1.807, 2.05) is 56.8 Å². The maximum atomic E-state index is 14.2. The first-order chi connectivity index (χ1) is 30.1. The largest absolute Gasteiger partial charge is 0.453 e. The van der Waals surface area contributed by atoms with E-state index >= 15 is 0 Å². The molecule has 1 spiro atoms. The lowest BCUT2D eigenvalue weighted by Gasteiger charge is -2.40. The third-order valence-corrected chi connectivity index (χ3v) is 14.0. The summed E-state index contributed by atoms with van der Waals surface area (Å²) < 4.78 is 9.70. The first-order valence-electron chi connectivity index (χ1n) is 22.2. The molecule has 0 radical (unpaired) electrons. The molecule has 4 fully saturated rings. The molecular weight excluding hydrogens is 797 g/mol. The van der Waals surface area contributed by atoms with Crippen LogP contribution < -0.4 is 10.6 Å². The molecule has 330 valence electrons. The van der Waals surface area contributed by atoms with Gasteiger partial charge < -0.3 is 39.9 Å². The molecule has 2 aromatic heterocycles. The molecular formula is C49H58N8O6. The zero-order valence-electron chi connectivity index (χ0n) is 37.2. The van der Waals surface area contributed by atoms with Crippen LogP contribution in [0.15, 0.2) is 73.1 Å². The standard InChI is InChI=1S/C49H58N8O6/c1-27(2)39(54-46(60)62-6)44(58)56-26-49(18-19-49)23-38(56)42-50-25-37(52-42)33-15-14-31-20-30(12-13-32(31)21-33)28-8-10-29(11-9-28)36-24-51-43(53-36)40-34-16-17-35(22-34)57(40)45(59)41(48(3,4)5)55-47(61)63-7/h8-15,20-21,24-25,27,34-35,38-41H,16-19,22-23,26H2,1-7H3,(H,50,52)(H,51,53)(H,54,60)(H,55,61)/t34-,35?,38-,39-,40-,41+/m0/s1. The average Bonchev–Trinajstić information content (AvgIpc) is 3.91. The summed E-state index contributed by atoms with van der Waals surface area (Å²) in [5, 5.41) is 7.77. The maximum absolute atomic E-state index is 14.2. The number of likely N-dealkylation sites (tertiary alicyclic amines) is 2. The van der Waals surface area contributed by atoms with Crippen molar-refractivity contribution in [2.45, 2.75) is 103 Å². The van der Waals surface area contributed by atoms with Gasteiger partial charge in [-0.3, -0.25) is 9.59 Å². The van der Waals surface area contributed by atoms with Gasteiger partial charge >= 0.3 is 12.2 Å². The number of fused-ring (bicyclic) bond motifs is 3. The number of hydrogen-bond donors (Lipinski definition) is 4. The van der Waals surface area contributed by atoms with E-state index in [0.29, 0.717) is 12.5 Å². The number of ether oxygens (including phenoxy) is 2. The van der Waals surface area contributed by atoms with E-state index in [-0.39, 0.29) is 41.3 Å². The summed E-state index contributed by atoms with van der Waals surface area (Å²) in [5.74, 6) is 1.52. The van der Waals surface area contributed by atoms with Gasteiger partial charge in [-0.25, -0.2) is 19.6 Å². The molecule has 6 atom stereocenters. The van der Waals surface area contributed by atoms with Crippen LogP contribution in [0.4, 0.5) is 9.59 Å². The van der Waals surface area contributed by atoms with Crippen molar-refractivity contribution in [3.8, 4) is 33.6 Å². The van der Waals surface area contributed by atoms with Gasteiger partial charge in [-0.15, -0.1) is 0 Å². The van der Waals surface area contributed by atoms with E-state index in [4.69, 9.17) is 19.4 Å². The van der Waals surface area contributed by atoms with Crippen LogP contribution in [0.1, 0.15) is 96.9 Å². The number of H-pyrrole nitrogens is 2. The van der Waals surface area contributed by atoms with Crippen LogP contribution in [0.2, 0.25) is 0 Å². The van der Waals surface area contributed by atoms with Crippen LogP contribution in [0, 0.1) is 22.7 Å². The second-order valence-corrected chi connectivity index (χ2v) is 19.6. The topological polar surface area (TPSA) is 175 Å². The van der Waals surface area contributed by atoms with Crippen molar-refractivity contribution >= 4 is 34.8 Å².